The van der Waals surface area contributed by atoms with Crippen LogP contribution in [-0.2, 0) is 17.8 Å². The number of thioether (sulfide) groups is 1. The lowest BCUT2D eigenvalue weighted by atomic mass is 10.1. The molecule has 0 unspecified atom stereocenters. The van der Waals surface area contributed by atoms with Crippen LogP contribution in [0.3, 0.4) is 0 Å². The number of hydrogen-bond donors (Lipinski definition) is 2. The molecule has 2 N–H and O–H groups in total. The second-order valence-electron chi connectivity index (χ2n) is 7.01. The predicted molar refractivity (Wildman–Crippen MR) is 123 cm³/mol. The van der Waals surface area contributed by atoms with E-state index in [1.54, 1.807) is 18.0 Å². The number of aryl methyl sites for hydroxylation is 1. The van der Waals surface area contributed by atoms with Gasteiger partial charge in [0.1, 0.15) is 5.82 Å². The zero-order valence-electron chi connectivity index (χ0n) is 17.7. The number of carbonyl (C=O) groups excluding carboxylic acids is 1. The Balaban J connectivity index is 1.54. The summed E-state index contributed by atoms with van der Waals surface area (Å²) in [7, 11) is 0. The monoisotopic (exact) mass is 426 g/mol. The summed E-state index contributed by atoms with van der Waals surface area (Å²) >= 11 is 1.61. The molecule has 2 heterocycles. The highest BCUT2D eigenvalue weighted by molar-refractivity contribution is 7.99. The molecule has 0 fully saturated rings. The molecule has 0 spiro atoms. The number of amides is 1. The first-order chi connectivity index (χ1) is 14.7. The van der Waals surface area contributed by atoms with Crippen molar-refractivity contribution >= 4 is 34.5 Å². The largest absolute Gasteiger partial charge is 0.369 e. The average molecular weight is 427 g/mol. The molecule has 0 atom stereocenters. The van der Waals surface area contributed by atoms with Gasteiger partial charge >= 0.3 is 0 Å². The summed E-state index contributed by atoms with van der Waals surface area (Å²) in [5.41, 5.74) is 2.07. The smallest absolute Gasteiger partial charge is 0.220 e. The van der Waals surface area contributed by atoms with Crippen LogP contribution in [0.4, 0.5) is 5.82 Å². The van der Waals surface area contributed by atoms with E-state index in [-0.39, 0.29) is 5.91 Å². The number of hydrogen-bond acceptors (Lipinski definition) is 6. The first-order valence-corrected chi connectivity index (χ1v) is 11.6. The van der Waals surface area contributed by atoms with Crippen molar-refractivity contribution in [3.63, 3.8) is 0 Å². The van der Waals surface area contributed by atoms with E-state index in [0.29, 0.717) is 19.5 Å². The fraction of sp³-hybridized carbons (Fsp3) is 0.455. The third-order valence-corrected chi connectivity index (χ3v) is 5.38. The zero-order chi connectivity index (χ0) is 21.2. The lowest BCUT2D eigenvalue weighted by Crippen LogP contribution is -2.27. The topological polar surface area (TPSA) is 84.7 Å². The van der Waals surface area contributed by atoms with Gasteiger partial charge in [-0.05, 0) is 30.6 Å². The van der Waals surface area contributed by atoms with E-state index in [4.69, 9.17) is 0 Å². The van der Waals surface area contributed by atoms with E-state index in [1.807, 2.05) is 22.9 Å². The number of benzene rings is 1. The van der Waals surface area contributed by atoms with Crippen LogP contribution in [0, 0.1) is 0 Å². The molecule has 30 heavy (non-hydrogen) atoms. The third kappa shape index (κ3) is 6.19. The Bertz CT molecular complexity index is 943. The first kappa shape index (κ1) is 22.1. The maximum Gasteiger partial charge on any atom is 0.220 e. The molecular weight excluding hydrogens is 396 g/mol. The summed E-state index contributed by atoms with van der Waals surface area (Å²) < 4.78 is 1.85. The van der Waals surface area contributed by atoms with Gasteiger partial charge in [-0.2, -0.15) is 5.10 Å². The second kappa shape index (κ2) is 11.5. The van der Waals surface area contributed by atoms with Gasteiger partial charge in [0.05, 0.1) is 18.1 Å². The highest BCUT2D eigenvalue weighted by Crippen LogP contribution is 2.24. The molecule has 3 rings (SSSR count). The van der Waals surface area contributed by atoms with Gasteiger partial charge in [-0.25, -0.2) is 14.6 Å². The lowest BCUT2D eigenvalue weighted by molar-refractivity contribution is -0.121. The molecule has 0 saturated heterocycles. The Labute approximate surface area is 182 Å². The maximum absolute atomic E-state index is 12.2. The first-order valence-electron chi connectivity index (χ1n) is 10.6. The van der Waals surface area contributed by atoms with Crippen LogP contribution in [0.25, 0.3) is 11.0 Å². The Hall–Kier alpha value is -2.61. The van der Waals surface area contributed by atoms with Gasteiger partial charge in [-0.1, -0.05) is 55.9 Å². The van der Waals surface area contributed by atoms with E-state index in [9.17, 15) is 4.79 Å². The second-order valence-corrected chi connectivity index (χ2v) is 8.24. The highest BCUT2D eigenvalue weighted by Gasteiger charge is 2.13. The molecule has 0 aliphatic heterocycles. The van der Waals surface area contributed by atoms with Crippen LogP contribution in [0.5, 0.6) is 0 Å². The number of nitrogens with one attached hydrogen (secondary N) is 2. The molecule has 3 aromatic rings. The number of carbonyl (C=O) groups is 1. The van der Waals surface area contributed by atoms with E-state index < -0.39 is 0 Å². The third-order valence-electron chi connectivity index (χ3n) is 4.65. The van der Waals surface area contributed by atoms with Crippen molar-refractivity contribution in [3.8, 4) is 0 Å². The lowest BCUT2D eigenvalue weighted by Gasteiger charge is -2.09. The minimum atomic E-state index is 0.0737. The van der Waals surface area contributed by atoms with Gasteiger partial charge < -0.3 is 10.6 Å². The quantitative estimate of drug-likeness (QED) is 0.337. The minimum absolute atomic E-state index is 0.0737. The standard InChI is InChI=1S/C22H30N6OS/c1-3-13-24-20-18-16-25-28(21(18)27-22(26-20)30-4-2)15-14-23-19(29)12-8-11-17-9-6-5-7-10-17/h5-7,9-10,16H,3-4,8,11-15H2,1-2H3,(H,23,29)(H,24,26,27). The molecule has 0 saturated carbocycles. The maximum atomic E-state index is 12.2. The average Bonchev–Trinajstić information content (AvgIpc) is 3.16. The molecular formula is C22H30N6OS. The van der Waals surface area contributed by atoms with Crippen molar-refractivity contribution < 1.29 is 4.79 Å². The molecule has 0 aliphatic rings. The molecule has 1 amide bonds. The Morgan fingerprint density at radius 1 is 1.13 bits per heavy atom. The van der Waals surface area contributed by atoms with Gasteiger partial charge in [0.25, 0.3) is 0 Å². The number of fused-ring (bicyclic) bond motifs is 1. The number of rotatable bonds is 12. The normalized spacial score (nSPS) is 11.0. The molecule has 1 aromatic carbocycles. The summed E-state index contributed by atoms with van der Waals surface area (Å²) in [6, 6.07) is 10.3. The van der Waals surface area contributed by atoms with Crippen LogP contribution >= 0.6 is 11.8 Å². The summed E-state index contributed by atoms with van der Waals surface area (Å²) in [6.07, 6.45) is 5.11. The molecule has 160 valence electrons. The van der Waals surface area contributed by atoms with Crippen LogP contribution in [-0.4, -0.2) is 44.5 Å². The number of nitrogens with zero attached hydrogens (tertiary/aromatic N) is 4. The number of aromatic nitrogens is 4. The summed E-state index contributed by atoms with van der Waals surface area (Å²) in [4.78, 5) is 21.5. The van der Waals surface area contributed by atoms with Crippen molar-refractivity contribution in [3.05, 3.63) is 42.1 Å². The van der Waals surface area contributed by atoms with Crippen LogP contribution < -0.4 is 10.6 Å². The Kier molecular flexibility index (Phi) is 8.50. The molecule has 0 radical (unpaired) electrons. The molecule has 8 heteroatoms. The van der Waals surface area contributed by atoms with E-state index in [1.165, 1.54) is 5.56 Å². The van der Waals surface area contributed by atoms with Gasteiger partial charge in [0.15, 0.2) is 10.8 Å². The molecule has 0 bridgehead atoms. The van der Waals surface area contributed by atoms with Gasteiger partial charge in [-0.15, -0.1) is 0 Å². The Morgan fingerprint density at radius 2 is 1.97 bits per heavy atom. The van der Waals surface area contributed by atoms with Crippen LogP contribution in [0.2, 0.25) is 0 Å². The summed E-state index contributed by atoms with van der Waals surface area (Å²) in [6.45, 7) is 6.17. The zero-order valence-corrected chi connectivity index (χ0v) is 18.5. The van der Waals surface area contributed by atoms with E-state index in [0.717, 1.165) is 53.6 Å². The fourth-order valence-electron chi connectivity index (χ4n) is 3.16. The molecule has 0 aliphatic carbocycles. The fourth-order valence-corrected chi connectivity index (χ4v) is 3.72. The van der Waals surface area contributed by atoms with E-state index in [2.05, 4.69) is 51.7 Å². The van der Waals surface area contributed by atoms with Crippen molar-refractivity contribution in [2.45, 2.75) is 51.2 Å². The Morgan fingerprint density at radius 3 is 2.73 bits per heavy atom. The molecule has 7 nitrogen and oxygen atoms in total. The van der Waals surface area contributed by atoms with Crippen LogP contribution in [0.15, 0.2) is 41.7 Å². The van der Waals surface area contributed by atoms with Crippen molar-refractivity contribution in [2.75, 3.05) is 24.2 Å². The highest BCUT2D eigenvalue weighted by atomic mass is 32.2. The predicted octanol–water partition coefficient (Wildman–Crippen LogP) is 3.90. The van der Waals surface area contributed by atoms with Crippen molar-refractivity contribution in [2.24, 2.45) is 0 Å². The van der Waals surface area contributed by atoms with Gasteiger partial charge in [0.2, 0.25) is 5.91 Å². The summed E-state index contributed by atoms with van der Waals surface area (Å²) in [5, 5.41) is 12.5. The SMILES string of the molecule is CCCNc1nc(SCC)nc2c1cnn2CCNC(=O)CCCc1ccccc1. The van der Waals surface area contributed by atoms with Crippen molar-refractivity contribution in [1.29, 1.82) is 0 Å². The summed E-state index contributed by atoms with van der Waals surface area (Å²) in [5.74, 6) is 1.81. The minimum Gasteiger partial charge on any atom is -0.369 e. The van der Waals surface area contributed by atoms with E-state index >= 15 is 0 Å². The van der Waals surface area contributed by atoms with Gasteiger partial charge in [-0.3, -0.25) is 4.79 Å². The van der Waals surface area contributed by atoms with Crippen molar-refractivity contribution in [1.82, 2.24) is 25.1 Å². The molecule has 2 aromatic heterocycles. The van der Waals surface area contributed by atoms with Gasteiger partial charge in [0, 0.05) is 19.5 Å². The number of anilines is 1. The van der Waals surface area contributed by atoms with Crippen LogP contribution in [0.1, 0.15) is 38.7 Å².